The number of methoxy groups -OCH3 is 2. The smallest absolute Gasteiger partial charge is 0.229 e. The number of rotatable bonds is 11. The van der Waals surface area contributed by atoms with Crippen LogP contribution in [0.15, 0.2) is 36.4 Å². The molecular formula is C26H34O11. The third-order valence-corrected chi connectivity index (χ3v) is 6.21. The van der Waals surface area contributed by atoms with Gasteiger partial charge in [-0.25, -0.2) is 0 Å². The molecule has 7 N–H and O–H groups in total. The molecule has 0 spiro atoms. The Morgan fingerprint density at radius 1 is 0.946 bits per heavy atom. The van der Waals surface area contributed by atoms with Gasteiger partial charge in [-0.05, 0) is 41.8 Å². The zero-order valence-corrected chi connectivity index (χ0v) is 20.6. The molecule has 0 radical (unpaired) electrons. The third-order valence-electron chi connectivity index (χ3n) is 6.21. The van der Waals surface area contributed by atoms with Crippen LogP contribution < -0.4 is 14.2 Å². The number of phenolic OH excluding ortho intramolecular Hbond substituents is 1. The van der Waals surface area contributed by atoms with Gasteiger partial charge in [0.1, 0.15) is 24.4 Å². The molecule has 204 valence electrons. The SMILES string of the molecule is COc1cc(CC(CO)c2cc(/C=C/CO)cc(OC)c2OC2OC(CO)C(O)C(O)C2O)ccc1O. The first-order valence-electron chi connectivity index (χ1n) is 11.7. The lowest BCUT2D eigenvalue weighted by Crippen LogP contribution is -2.60. The Kier molecular flexibility index (Phi) is 10.1. The maximum Gasteiger partial charge on any atom is 0.229 e. The highest BCUT2D eigenvalue weighted by atomic mass is 16.7. The van der Waals surface area contributed by atoms with Crippen molar-refractivity contribution in [2.75, 3.05) is 34.0 Å². The molecule has 1 aliphatic rings. The van der Waals surface area contributed by atoms with Gasteiger partial charge in [0.05, 0.1) is 34.0 Å². The third kappa shape index (κ3) is 6.51. The second kappa shape index (κ2) is 13.1. The van der Waals surface area contributed by atoms with Crippen molar-refractivity contribution in [2.45, 2.75) is 43.0 Å². The summed E-state index contributed by atoms with van der Waals surface area (Å²) in [6.45, 7) is -1.15. The number of hydrogen-bond donors (Lipinski definition) is 7. The second-order valence-electron chi connectivity index (χ2n) is 8.63. The first-order chi connectivity index (χ1) is 17.8. The number of hydrogen-bond acceptors (Lipinski definition) is 11. The summed E-state index contributed by atoms with van der Waals surface area (Å²) < 4.78 is 22.2. The van der Waals surface area contributed by atoms with E-state index >= 15 is 0 Å². The number of aromatic hydroxyl groups is 1. The average Bonchev–Trinajstić information content (AvgIpc) is 2.91. The van der Waals surface area contributed by atoms with Crippen LogP contribution in [0.1, 0.15) is 22.6 Å². The Bertz CT molecular complexity index is 1060. The molecule has 1 fully saturated rings. The molecule has 0 aliphatic carbocycles. The predicted molar refractivity (Wildman–Crippen MR) is 132 cm³/mol. The highest BCUT2D eigenvalue weighted by Crippen LogP contribution is 2.41. The maximum atomic E-state index is 10.5. The molecule has 11 heteroatoms. The van der Waals surface area contributed by atoms with E-state index in [1.807, 2.05) is 0 Å². The summed E-state index contributed by atoms with van der Waals surface area (Å²) in [4.78, 5) is 0. The van der Waals surface area contributed by atoms with Crippen LogP contribution in [0.4, 0.5) is 0 Å². The molecule has 1 saturated heterocycles. The van der Waals surface area contributed by atoms with Gasteiger partial charge in [-0.1, -0.05) is 18.2 Å². The normalized spacial score (nSPS) is 24.7. The highest BCUT2D eigenvalue weighted by Gasteiger charge is 2.45. The Hall–Kier alpha value is -2.90. The van der Waals surface area contributed by atoms with Gasteiger partial charge in [0.15, 0.2) is 23.0 Å². The zero-order valence-electron chi connectivity index (χ0n) is 20.6. The Morgan fingerprint density at radius 3 is 2.30 bits per heavy atom. The lowest BCUT2D eigenvalue weighted by Gasteiger charge is -2.40. The van der Waals surface area contributed by atoms with Gasteiger partial charge in [0, 0.05) is 11.5 Å². The number of aliphatic hydroxyl groups is 6. The summed E-state index contributed by atoms with van der Waals surface area (Å²) in [5.74, 6) is -0.0162. The molecule has 37 heavy (non-hydrogen) atoms. The van der Waals surface area contributed by atoms with E-state index in [0.717, 1.165) is 5.56 Å². The van der Waals surface area contributed by atoms with Crippen molar-refractivity contribution in [3.05, 3.63) is 53.1 Å². The van der Waals surface area contributed by atoms with E-state index in [9.17, 15) is 35.7 Å². The fraction of sp³-hybridized carbons (Fsp3) is 0.462. The van der Waals surface area contributed by atoms with E-state index in [4.69, 9.17) is 18.9 Å². The van der Waals surface area contributed by atoms with Crippen molar-refractivity contribution in [1.82, 2.24) is 0 Å². The van der Waals surface area contributed by atoms with Gasteiger partial charge in [-0.15, -0.1) is 0 Å². The highest BCUT2D eigenvalue weighted by molar-refractivity contribution is 5.60. The summed E-state index contributed by atoms with van der Waals surface area (Å²) in [7, 11) is 2.83. The zero-order chi connectivity index (χ0) is 27.1. The molecule has 1 heterocycles. The van der Waals surface area contributed by atoms with Crippen molar-refractivity contribution in [1.29, 1.82) is 0 Å². The number of benzene rings is 2. The average molecular weight is 523 g/mol. The van der Waals surface area contributed by atoms with E-state index in [2.05, 4.69) is 0 Å². The second-order valence-corrected chi connectivity index (χ2v) is 8.63. The first kappa shape index (κ1) is 28.7. The van der Waals surface area contributed by atoms with Crippen LogP contribution in [0.5, 0.6) is 23.0 Å². The van der Waals surface area contributed by atoms with Gasteiger partial charge >= 0.3 is 0 Å². The molecule has 3 rings (SSSR count). The summed E-state index contributed by atoms with van der Waals surface area (Å²) in [6.07, 6.45) is -4.04. The topological polar surface area (TPSA) is 179 Å². The van der Waals surface area contributed by atoms with Gasteiger partial charge < -0.3 is 54.7 Å². The molecule has 0 saturated carbocycles. The minimum Gasteiger partial charge on any atom is -0.504 e. The van der Waals surface area contributed by atoms with Gasteiger partial charge in [-0.2, -0.15) is 0 Å². The summed E-state index contributed by atoms with van der Waals surface area (Å²) in [5, 5.41) is 69.9. The first-order valence-corrected chi connectivity index (χ1v) is 11.7. The fourth-order valence-electron chi connectivity index (χ4n) is 4.20. The molecular weight excluding hydrogens is 488 g/mol. The Morgan fingerprint density at radius 2 is 1.68 bits per heavy atom. The molecule has 6 unspecified atom stereocenters. The lowest BCUT2D eigenvalue weighted by molar-refractivity contribution is -0.277. The molecule has 2 aromatic carbocycles. The van der Waals surface area contributed by atoms with Crippen LogP contribution in [-0.4, -0.2) is 100 Å². The van der Waals surface area contributed by atoms with Crippen molar-refractivity contribution in [2.24, 2.45) is 0 Å². The molecule has 2 aromatic rings. The standard InChI is InChI=1S/C26H34O11/c1-34-19-10-15(5-6-18(19)30)8-16(12-28)17-9-14(4-3-7-27)11-20(35-2)25(17)37-26-24(33)23(32)22(31)21(13-29)36-26/h3-6,9-11,16,21-24,26-33H,7-8,12-13H2,1-2H3/b4-3+. The van der Waals surface area contributed by atoms with E-state index in [1.54, 1.807) is 30.3 Å². The minimum atomic E-state index is -1.65. The van der Waals surface area contributed by atoms with Gasteiger partial charge in [0.25, 0.3) is 0 Å². The van der Waals surface area contributed by atoms with Crippen LogP contribution in [0, 0.1) is 0 Å². The van der Waals surface area contributed by atoms with Crippen molar-refractivity contribution >= 4 is 6.08 Å². The van der Waals surface area contributed by atoms with Crippen molar-refractivity contribution < 1.29 is 54.7 Å². The van der Waals surface area contributed by atoms with Crippen molar-refractivity contribution in [3.8, 4) is 23.0 Å². The van der Waals surface area contributed by atoms with Gasteiger partial charge in [0.2, 0.25) is 6.29 Å². The molecule has 0 aromatic heterocycles. The molecule has 0 amide bonds. The van der Waals surface area contributed by atoms with Crippen molar-refractivity contribution in [3.63, 3.8) is 0 Å². The quantitative estimate of drug-likeness (QED) is 0.210. The molecule has 11 nitrogen and oxygen atoms in total. The fourth-order valence-corrected chi connectivity index (χ4v) is 4.20. The van der Waals surface area contributed by atoms with Crippen LogP contribution in [0.25, 0.3) is 6.08 Å². The number of phenols is 1. The van der Waals surface area contributed by atoms with Crippen LogP contribution in [-0.2, 0) is 11.2 Å². The summed E-state index contributed by atoms with van der Waals surface area (Å²) in [5.41, 5.74) is 1.83. The van der Waals surface area contributed by atoms with E-state index in [1.165, 1.54) is 26.4 Å². The summed E-state index contributed by atoms with van der Waals surface area (Å²) >= 11 is 0. The molecule has 0 bridgehead atoms. The van der Waals surface area contributed by atoms with Gasteiger partial charge in [-0.3, -0.25) is 0 Å². The van der Waals surface area contributed by atoms with Crippen LogP contribution in [0.2, 0.25) is 0 Å². The number of aliphatic hydroxyl groups excluding tert-OH is 6. The van der Waals surface area contributed by atoms with E-state index < -0.39 is 43.2 Å². The molecule has 6 atom stereocenters. The minimum absolute atomic E-state index is 0.0313. The molecule has 1 aliphatic heterocycles. The number of ether oxygens (including phenoxy) is 4. The van der Waals surface area contributed by atoms with E-state index in [0.29, 0.717) is 11.1 Å². The maximum absolute atomic E-state index is 10.5. The Labute approximate surface area is 214 Å². The monoisotopic (exact) mass is 522 g/mol. The summed E-state index contributed by atoms with van der Waals surface area (Å²) in [6, 6.07) is 8.14. The predicted octanol–water partition coefficient (Wildman–Crippen LogP) is -0.0878. The largest absolute Gasteiger partial charge is 0.504 e. The lowest BCUT2D eigenvalue weighted by atomic mass is 9.90. The van der Waals surface area contributed by atoms with E-state index in [-0.39, 0.29) is 42.6 Å². The Balaban J connectivity index is 2.06. The van der Waals surface area contributed by atoms with Crippen LogP contribution >= 0.6 is 0 Å². The van der Waals surface area contributed by atoms with Crippen LogP contribution in [0.3, 0.4) is 0 Å².